The van der Waals surface area contributed by atoms with Gasteiger partial charge >= 0.3 is 0 Å². The number of anilines is 1. The molecule has 2 aromatic heterocycles. The maximum absolute atomic E-state index is 14.1. The second-order valence-electron chi connectivity index (χ2n) is 8.94. The molecule has 0 unspecified atom stereocenters. The van der Waals surface area contributed by atoms with E-state index in [0.29, 0.717) is 11.0 Å². The van der Waals surface area contributed by atoms with Crippen molar-refractivity contribution < 1.29 is 21.6 Å². The summed E-state index contributed by atoms with van der Waals surface area (Å²) in [5, 5.41) is 0. The highest BCUT2D eigenvalue weighted by Crippen LogP contribution is 2.38. The topological polar surface area (TPSA) is 120 Å². The third-order valence-corrected chi connectivity index (χ3v) is 9.36. The van der Waals surface area contributed by atoms with Crippen LogP contribution in [0.5, 0.6) is 0 Å². The number of fused-ring (bicyclic) bond motifs is 2. The molecule has 2 heterocycles. The van der Waals surface area contributed by atoms with E-state index in [2.05, 4.69) is 9.71 Å². The highest BCUT2D eigenvalue weighted by molar-refractivity contribution is 7.93. The number of rotatable bonds is 8. The molecule has 0 bridgehead atoms. The minimum Gasteiger partial charge on any atom is -0.383 e. The van der Waals surface area contributed by atoms with Gasteiger partial charge < -0.3 is 9.30 Å². The van der Waals surface area contributed by atoms with Crippen LogP contribution in [0.1, 0.15) is 11.1 Å². The molecule has 3 aromatic carbocycles. The lowest BCUT2D eigenvalue weighted by molar-refractivity contribution is 0.188. The van der Waals surface area contributed by atoms with Crippen LogP contribution in [0, 0.1) is 13.8 Å². The maximum Gasteiger partial charge on any atom is 0.263 e. The van der Waals surface area contributed by atoms with Crippen LogP contribution >= 0.6 is 0 Å². The first kappa shape index (κ1) is 25.8. The van der Waals surface area contributed by atoms with E-state index in [0.717, 1.165) is 11.1 Å². The Hall–Kier alpha value is -3.80. The Balaban J connectivity index is 1.84. The molecule has 0 aliphatic rings. The van der Waals surface area contributed by atoms with Crippen LogP contribution in [0.15, 0.2) is 87.5 Å². The van der Waals surface area contributed by atoms with Gasteiger partial charge in [-0.25, -0.2) is 26.8 Å². The van der Waals surface area contributed by atoms with Gasteiger partial charge in [-0.2, -0.15) is 0 Å². The summed E-state index contributed by atoms with van der Waals surface area (Å²) in [5.74, 6) is -0.145. The largest absolute Gasteiger partial charge is 0.383 e. The number of methoxy groups -OCH3 is 1. The third-order valence-electron chi connectivity index (χ3n) is 6.19. The number of hydrogen-bond donors (Lipinski definition) is 1. The number of nitrogens with one attached hydrogen (secondary N) is 1. The van der Waals surface area contributed by atoms with Gasteiger partial charge in [0.05, 0.1) is 27.4 Å². The van der Waals surface area contributed by atoms with Crippen molar-refractivity contribution in [3.8, 4) is 0 Å². The molecule has 0 spiro atoms. The number of para-hydroxylation sites is 2. The molecule has 5 rings (SSSR count). The predicted octanol–water partition coefficient (Wildman–Crippen LogP) is 4.48. The Labute approximate surface area is 221 Å². The molecule has 9 nitrogen and oxygen atoms in total. The lowest BCUT2D eigenvalue weighted by Crippen LogP contribution is -2.19. The lowest BCUT2D eigenvalue weighted by atomic mass is 10.2. The van der Waals surface area contributed by atoms with Gasteiger partial charge in [-0.3, -0.25) is 4.72 Å². The molecule has 0 saturated heterocycles. The van der Waals surface area contributed by atoms with Crippen LogP contribution in [-0.4, -0.2) is 45.1 Å². The van der Waals surface area contributed by atoms with Gasteiger partial charge in [0.2, 0.25) is 9.84 Å². The summed E-state index contributed by atoms with van der Waals surface area (Å²) in [5.41, 5.74) is 3.11. The van der Waals surface area contributed by atoms with Gasteiger partial charge in [-0.15, -0.1) is 0 Å². The van der Waals surface area contributed by atoms with E-state index < -0.39 is 19.9 Å². The van der Waals surface area contributed by atoms with Crippen LogP contribution < -0.4 is 4.72 Å². The minimum absolute atomic E-state index is 0.00332. The zero-order chi connectivity index (χ0) is 27.1. The second kappa shape index (κ2) is 9.82. The zero-order valence-electron chi connectivity index (χ0n) is 21.0. The molecule has 38 heavy (non-hydrogen) atoms. The van der Waals surface area contributed by atoms with Crippen LogP contribution in [0.25, 0.3) is 22.2 Å². The average molecular weight is 551 g/mol. The summed E-state index contributed by atoms with van der Waals surface area (Å²) in [6.07, 6.45) is 0. The van der Waals surface area contributed by atoms with Gasteiger partial charge in [0, 0.05) is 13.7 Å². The number of sulfonamides is 1. The number of hydrogen-bond acceptors (Lipinski definition) is 7. The number of ether oxygens (including phenoxy) is 1. The Morgan fingerprint density at radius 3 is 1.92 bits per heavy atom. The van der Waals surface area contributed by atoms with Gasteiger partial charge in [0.25, 0.3) is 10.0 Å². The van der Waals surface area contributed by atoms with Crippen molar-refractivity contribution in [2.45, 2.75) is 35.1 Å². The number of benzene rings is 3. The van der Waals surface area contributed by atoms with Crippen molar-refractivity contribution in [2.24, 2.45) is 0 Å². The third kappa shape index (κ3) is 4.64. The summed E-state index contributed by atoms with van der Waals surface area (Å²) in [6, 6.07) is 19.7. The monoisotopic (exact) mass is 550 g/mol. The van der Waals surface area contributed by atoms with Crippen molar-refractivity contribution in [2.75, 3.05) is 18.4 Å². The first-order chi connectivity index (χ1) is 18.1. The SMILES string of the molecule is COCCn1c(NS(=O)(=O)c2ccc(C)cc2)c(S(=O)(=O)c2ccc(C)cc2)c2nc3ccccc3nc21. The zero-order valence-corrected chi connectivity index (χ0v) is 22.7. The summed E-state index contributed by atoms with van der Waals surface area (Å²) in [6.45, 7) is 4.02. The highest BCUT2D eigenvalue weighted by atomic mass is 32.2. The number of nitrogens with zero attached hydrogens (tertiary/aromatic N) is 3. The van der Waals surface area contributed by atoms with Gasteiger partial charge in [0.1, 0.15) is 16.2 Å². The van der Waals surface area contributed by atoms with Gasteiger partial charge in [-0.05, 0) is 50.2 Å². The van der Waals surface area contributed by atoms with E-state index in [1.807, 2.05) is 13.8 Å². The lowest BCUT2D eigenvalue weighted by Gasteiger charge is -2.14. The fourth-order valence-electron chi connectivity index (χ4n) is 4.17. The first-order valence-corrected chi connectivity index (χ1v) is 14.8. The van der Waals surface area contributed by atoms with Crippen molar-refractivity contribution in [3.63, 3.8) is 0 Å². The molecule has 0 fully saturated rings. The molecule has 0 amide bonds. The van der Waals surface area contributed by atoms with Crippen molar-refractivity contribution >= 4 is 47.9 Å². The van der Waals surface area contributed by atoms with Crippen LogP contribution in [-0.2, 0) is 31.1 Å². The summed E-state index contributed by atoms with van der Waals surface area (Å²) in [4.78, 5) is 9.09. The van der Waals surface area contributed by atoms with E-state index in [9.17, 15) is 16.8 Å². The van der Waals surface area contributed by atoms with Crippen LogP contribution in [0.3, 0.4) is 0 Å². The van der Waals surface area contributed by atoms with E-state index in [1.54, 1.807) is 48.5 Å². The average Bonchev–Trinajstić information content (AvgIpc) is 3.18. The summed E-state index contributed by atoms with van der Waals surface area (Å²) in [7, 11) is -6.91. The normalized spacial score (nSPS) is 12.3. The molecule has 0 atom stereocenters. The van der Waals surface area contributed by atoms with Crippen molar-refractivity contribution in [1.29, 1.82) is 0 Å². The molecule has 0 aliphatic heterocycles. The smallest absolute Gasteiger partial charge is 0.263 e. The summed E-state index contributed by atoms with van der Waals surface area (Å²) < 4.78 is 64.6. The molecular formula is C27H26N4O5S2. The first-order valence-electron chi connectivity index (χ1n) is 11.8. The molecule has 0 saturated carbocycles. The molecule has 196 valence electrons. The molecule has 5 aromatic rings. The number of aromatic nitrogens is 3. The Kier molecular flexibility index (Phi) is 6.68. The molecule has 1 N–H and O–H groups in total. The second-order valence-corrected chi connectivity index (χ2v) is 12.5. The van der Waals surface area contributed by atoms with Crippen molar-refractivity contribution in [3.05, 3.63) is 83.9 Å². The minimum atomic E-state index is -4.24. The fourth-order valence-corrected chi connectivity index (χ4v) is 6.85. The standard InChI is InChI=1S/C27H26N4O5S2/c1-18-8-12-20(13-9-18)37(32,33)25-24-26(29-23-7-5-4-6-22(23)28-24)31(16-17-36-3)27(25)30-38(34,35)21-14-10-19(2)11-15-21/h4-15,30H,16-17H2,1-3H3. The van der Waals surface area contributed by atoms with Crippen molar-refractivity contribution in [1.82, 2.24) is 14.5 Å². The van der Waals surface area contributed by atoms with Gasteiger partial charge in [0.15, 0.2) is 5.65 Å². The summed E-state index contributed by atoms with van der Waals surface area (Å²) >= 11 is 0. The highest BCUT2D eigenvalue weighted by Gasteiger charge is 2.33. The number of aryl methyl sites for hydroxylation is 2. The Morgan fingerprint density at radius 2 is 1.34 bits per heavy atom. The van der Waals surface area contributed by atoms with E-state index >= 15 is 0 Å². The van der Waals surface area contributed by atoms with E-state index in [-0.39, 0.29) is 44.8 Å². The number of sulfone groups is 1. The fraction of sp³-hybridized carbons (Fsp3) is 0.185. The van der Waals surface area contributed by atoms with Crippen LogP contribution in [0.4, 0.5) is 5.82 Å². The van der Waals surface area contributed by atoms with E-state index in [1.165, 1.54) is 35.9 Å². The molecule has 0 radical (unpaired) electrons. The Morgan fingerprint density at radius 1 is 0.789 bits per heavy atom. The predicted molar refractivity (Wildman–Crippen MR) is 146 cm³/mol. The maximum atomic E-state index is 14.1. The quantitative estimate of drug-likeness (QED) is 0.302. The van der Waals surface area contributed by atoms with Gasteiger partial charge in [-0.1, -0.05) is 47.5 Å². The van der Waals surface area contributed by atoms with E-state index in [4.69, 9.17) is 9.72 Å². The molecular weight excluding hydrogens is 524 g/mol. The molecule has 11 heteroatoms. The Bertz CT molecular complexity index is 1860. The molecule has 0 aliphatic carbocycles. The van der Waals surface area contributed by atoms with Crippen LogP contribution in [0.2, 0.25) is 0 Å².